The molecule has 0 aliphatic heterocycles. The number of aromatic nitrogens is 2. The summed E-state index contributed by atoms with van der Waals surface area (Å²) in [6.45, 7) is 1.86. The highest BCUT2D eigenvalue weighted by molar-refractivity contribution is 6.30. The summed E-state index contributed by atoms with van der Waals surface area (Å²) in [4.78, 5) is 28.8. The Labute approximate surface area is 155 Å². The van der Waals surface area contributed by atoms with Gasteiger partial charge in [0.2, 0.25) is 0 Å². The van der Waals surface area contributed by atoms with E-state index in [1.165, 1.54) is 6.20 Å². The number of hydrogen-bond acceptors (Lipinski definition) is 3. The molecule has 0 saturated heterocycles. The van der Waals surface area contributed by atoms with Crippen LogP contribution in [0.25, 0.3) is 0 Å². The molecule has 0 unspecified atom stereocenters. The lowest BCUT2D eigenvalue weighted by Gasteiger charge is -2.11. The minimum Gasteiger partial charge on any atom is -0.330 e. The molecule has 3 rings (SSSR count). The van der Waals surface area contributed by atoms with Crippen LogP contribution in [0.1, 0.15) is 26.4 Å². The molecule has 0 spiro atoms. The predicted molar refractivity (Wildman–Crippen MR) is 102 cm³/mol. The third kappa shape index (κ3) is 3.92. The fourth-order valence-corrected chi connectivity index (χ4v) is 2.52. The van der Waals surface area contributed by atoms with E-state index < -0.39 is 0 Å². The first kappa shape index (κ1) is 17.7. The van der Waals surface area contributed by atoms with Gasteiger partial charge in [-0.1, -0.05) is 17.7 Å². The second-order valence-corrected chi connectivity index (χ2v) is 6.27. The van der Waals surface area contributed by atoms with E-state index >= 15 is 0 Å². The van der Waals surface area contributed by atoms with Gasteiger partial charge in [-0.15, -0.1) is 0 Å². The van der Waals surface area contributed by atoms with Gasteiger partial charge in [0, 0.05) is 29.0 Å². The van der Waals surface area contributed by atoms with Crippen LogP contribution in [0, 0.1) is 6.92 Å². The SMILES string of the molecule is Cc1ccc(C(=O)Nc2ccc(Cl)cc2)cc1NC(=O)c1cncn1C. The van der Waals surface area contributed by atoms with Gasteiger partial charge >= 0.3 is 0 Å². The fourth-order valence-electron chi connectivity index (χ4n) is 2.40. The van der Waals surface area contributed by atoms with Crippen molar-refractivity contribution in [3.63, 3.8) is 0 Å². The Morgan fingerprint density at radius 1 is 1.04 bits per heavy atom. The summed E-state index contributed by atoms with van der Waals surface area (Å²) in [6.07, 6.45) is 3.04. The number of carbonyl (C=O) groups is 2. The van der Waals surface area contributed by atoms with Crippen LogP contribution in [0.4, 0.5) is 11.4 Å². The number of carbonyl (C=O) groups excluding carboxylic acids is 2. The Hall–Kier alpha value is -3.12. The Morgan fingerprint density at radius 2 is 1.77 bits per heavy atom. The molecule has 26 heavy (non-hydrogen) atoms. The third-order valence-corrected chi connectivity index (χ3v) is 4.15. The molecule has 3 aromatic rings. The second-order valence-electron chi connectivity index (χ2n) is 5.83. The van der Waals surface area contributed by atoms with E-state index in [1.807, 2.05) is 6.92 Å². The van der Waals surface area contributed by atoms with E-state index in [1.54, 1.807) is 60.4 Å². The lowest BCUT2D eigenvalue weighted by Crippen LogP contribution is -2.17. The number of anilines is 2. The highest BCUT2D eigenvalue weighted by Crippen LogP contribution is 2.20. The van der Waals surface area contributed by atoms with E-state index in [0.29, 0.717) is 27.7 Å². The van der Waals surface area contributed by atoms with Crippen LogP contribution in [-0.2, 0) is 7.05 Å². The number of halogens is 1. The average Bonchev–Trinajstić information content (AvgIpc) is 3.05. The number of aryl methyl sites for hydroxylation is 2. The summed E-state index contributed by atoms with van der Waals surface area (Å²) in [5.74, 6) is -0.563. The van der Waals surface area contributed by atoms with Crippen molar-refractivity contribution in [2.75, 3.05) is 10.6 Å². The summed E-state index contributed by atoms with van der Waals surface area (Å²) in [7, 11) is 1.74. The third-order valence-electron chi connectivity index (χ3n) is 3.90. The second kappa shape index (κ2) is 7.41. The van der Waals surface area contributed by atoms with E-state index in [2.05, 4.69) is 15.6 Å². The number of nitrogens with zero attached hydrogens (tertiary/aromatic N) is 2. The number of benzene rings is 2. The van der Waals surface area contributed by atoms with Gasteiger partial charge in [-0.25, -0.2) is 4.98 Å². The van der Waals surface area contributed by atoms with E-state index in [9.17, 15) is 9.59 Å². The summed E-state index contributed by atoms with van der Waals surface area (Å²) < 4.78 is 1.63. The highest BCUT2D eigenvalue weighted by atomic mass is 35.5. The van der Waals surface area contributed by atoms with Gasteiger partial charge in [-0.3, -0.25) is 9.59 Å². The van der Waals surface area contributed by atoms with Crippen molar-refractivity contribution < 1.29 is 9.59 Å². The first-order valence-corrected chi connectivity index (χ1v) is 8.27. The number of nitrogens with one attached hydrogen (secondary N) is 2. The monoisotopic (exact) mass is 368 g/mol. The molecule has 0 atom stereocenters. The predicted octanol–water partition coefficient (Wildman–Crippen LogP) is 3.89. The van der Waals surface area contributed by atoms with Gasteiger partial charge in [0.05, 0.1) is 12.5 Å². The van der Waals surface area contributed by atoms with E-state index in [0.717, 1.165) is 5.56 Å². The fraction of sp³-hybridized carbons (Fsp3) is 0.105. The zero-order chi connectivity index (χ0) is 18.7. The largest absolute Gasteiger partial charge is 0.330 e. The van der Waals surface area contributed by atoms with E-state index in [4.69, 9.17) is 11.6 Å². The minimum absolute atomic E-state index is 0.275. The molecule has 1 heterocycles. The first-order valence-electron chi connectivity index (χ1n) is 7.89. The lowest BCUT2D eigenvalue weighted by atomic mass is 10.1. The molecule has 1 aromatic heterocycles. The molecule has 0 radical (unpaired) electrons. The van der Waals surface area contributed by atoms with Crippen LogP contribution in [0.15, 0.2) is 55.0 Å². The molecule has 0 bridgehead atoms. The van der Waals surface area contributed by atoms with Gasteiger partial charge in [0.25, 0.3) is 11.8 Å². The maximum Gasteiger partial charge on any atom is 0.273 e. The van der Waals surface area contributed by atoms with Crippen molar-refractivity contribution in [1.29, 1.82) is 0 Å². The molecule has 0 aliphatic carbocycles. The minimum atomic E-state index is -0.289. The number of rotatable bonds is 4. The molecule has 2 amide bonds. The summed E-state index contributed by atoms with van der Waals surface area (Å²) >= 11 is 5.85. The molecule has 132 valence electrons. The van der Waals surface area contributed by atoms with Gasteiger partial charge in [0.15, 0.2) is 0 Å². The van der Waals surface area contributed by atoms with Crippen molar-refractivity contribution in [2.24, 2.45) is 7.05 Å². The first-order chi connectivity index (χ1) is 12.4. The Bertz CT molecular complexity index is 964. The molecule has 2 aromatic carbocycles. The van der Waals surface area contributed by atoms with Crippen LogP contribution in [-0.4, -0.2) is 21.4 Å². The topological polar surface area (TPSA) is 76.0 Å². The van der Waals surface area contributed by atoms with Crippen LogP contribution in [0.2, 0.25) is 5.02 Å². The standard InChI is InChI=1S/C19H17ClN4O2/c1-12-3-4-13(18(25)22-15-7-5-14(20)6-8-15)9-16(12)23-19(26)17-10-21-11-24(17)2/h3-11H,1-2H3,(H,22,25)(H,23,26). The van der Waals surface area contributed by atoms with Crippen LogP contribution >= 0.6 is 11.6 Å². The summed E-state index contributed by atoms with van der Waals surface area (Å²) in [5.41, 5.74) is 2.93. The lowest BCUT2D eigenvalue weighted by molar-refractivity contribution is 0.101. The van der Waals surface area contributed by atoms with Crippen LogP contribution in [0.5, 0.6) is 0 Å². The normalized spacial score (nSPS) is 10.4. The molecule has 0 aliphatic rings. The summed E-state index contributed by atoms with van der Waals surface area (Å²) in [5, 5.41) is 6.22. The van der Waals surface area contributed by atoms with Crippen molar-refractivity contribution in [1.82, 2.24) is 9.55 Å². The quantitative estimate of drug-likeness (QED) is 0.733. The molecular weight excluding hydrogens is 352 g/mol. The van der Waals surface area contributed by atoms with Gasteiger partial charge < -0.3 is 15.2 Å². The zero-order valence-electron chi connectivity index (χ0n) is 14.3. The van der Waals surface area contributed by atoms with Crippen molar-refractivity contribution in [3.05, 3.63) is 76.8 Å². The molecule has 0 fully saturated rings. The summed E-state index contributed by atoms with van der Waals surface area (Å²) in [6, 6.07) is 12.0. The number of amides is 2. The van der Waals surface area contributed by atoms with Crippen molar-refractivity contribution in [2.45, 2.75) is 6.92 Å². The smallest absolute Gasteiger partial charge is 0.273 e. The van der Waals surface area contributed by atoms with Crippen LogP contribution < -0.4 is 10.6 Å². The number of hydrogen-bond donors (Lipinski definition) is 2. The highest BCUT2D eigenvalue weighted by Gasteiger charge is 2.13. The molecule has 7 heteroatoms. The van der Waals surface area contributed by atoms with E-state index in [-0.39, 0.29) is 11.8 Å². The zero-order valence-corrected chi connectivity index (χ0v) is 15.0. The Balaban J connectivity index is 1.78. The van der Waals surface area contributed by atoms with Gasteiger partial charge in [0.1, 0.15) is 5.69 Å². The van der Waals surface area contributed by atoms with Gasteiger partial charge in [-0.05, 0) is 48.9 Å². The van der Waals surface area contributed by atoms with Gasteiger partial charge in [-0.2, -0.15) is 0 Å². The van der Waals surface area contributed by atoms with Crippen molar-refractivity contribution in [3.8, 4) is 0 Å². The maximum absolute atomic E-state index is 12.5. The van der Waals surface area contributed by atoms with Crippen molar-refractivity contribution >= 4 is 34.8 Å². The Kier molecular flexibility index (Phi) is 5.04. The van der Waals surface area contributed by atoms with Crippen LogP contribution in [0.3, 0.4) is 0 Å². The Morgan fingerprint density at radius 3 is 2.42 bits per heavy atom. The molecule has 6 nitrogen and oxygen atoms in total. The maximum atomic E-state index is 12.5. The molecule has 2 N–H and O–H groups in total. The molecular formula is C19H17ClN4O2. The number of imidazole rings is 1. The average molecular weight is 369 g/mol. The molecule has 0 saturated carbocycles.